The van der Waals surface area contributed by atoms with Crippen LogP contribution >= 0.6 is 11.6 Å². The Morgan fingerprint density at radius 1 is 1.00 bits per heavy atom. The molecule has 0 N–H and O–H groups in total. The quantitative estimate of drug-likeness (QED) is 0.575. The molecule has 3 heteroatoms. The smallest absolute Gasteiger partial charge is 0.403 e. The molecule has 2 aromatic carbocycles. The van der Waals surface area contributed by atoms with E-state index in [-0.39, 0.29) is 12.5 Å². The van der Waals surface area contributed by atoms with E-state index in [9.17, 15) is 4.79 Å². The summed E-state index contributed by atoms with van der Waals surface area (Å²) >= 11 is 5.35. The SMILES string of the molecule is CC#Cc1ccc2c(c1)-c1cc(C#CC)ccc1C2COC(=O)Cl. The van der Waals surface area contributed by atoms with Gasteiger partial charge >= 0.3 is 5.43 Å². The van der Waals surface area contributed by atoms with Crippen LogP contribution < -0.4 is 0 Å². The molecule has 0 saturated heterocycles. The number of fused-ring (bicyclic) bond motifs is 3. The molecule has 0 radical (unpaired) electrons. The third-order valence-electron chi connectivity index (χ3n) is 4.05. The summed E-state index contributed by atoms with van der Waals surface area (Å²) in [6.07, 6.45) is 0. The fourth-order valence-electron chi connectivity index (χ4n) is 3.13. The number of carbonyl (C=O) groups is 1. The van der Waals surface area contributed by atoms with Crippen LogP contribution in [0.3, 0.4) is 0 Å². The number of carbonyl (C=O) groups excluding carboxylic acids is 1. The largest absolute Gasteiger partial charge is 0.453 e. The molecule has 0 atom stereocenters. The number of halogens is 1. The van der Waals surface area contributed by atoms with E-state index < -0.39 is 5.43 Å². The summed E-state index contributed by atoms with van der Waals surface area (Å²) in [7, 11) is 0. The molecule has 3 rings (SSSR count). The molecule has 0 heterocycles. The van der Waals surface area contributed by atoms with Gasteiger partial charge in [0.25, 0.3) is 0 Å². The molecule has 2 nitrogen and oxygen atoms in total. The molecule has 0 unspecified atom stereocenters. The fraction of sp³-hybridized carbons (Fsp3) is 0.190. The van der Waals surface area contributed by atoms with Crippen LogP contribution in [0.25, 0.3) is 11.1 Å². The van der Waals surface area contributed by atoms with E-state index in [1.165, 1.54) is 0 Å². The van der Waals surface area contributed by atoms with Crippen LogP contribution in [0.1, 0.15) is 42.0 Å². The number of hydrogen-bond donors (Lipinski definition) is 0. The predicted molar refractivity (Wildman–Crippen MR) is 96.0 cm³/mol. The summed E-state index contributed by atoms with van der Waals surface area (Å²) in [5.41, 5.74) is 5.60. The van der Waals surface area contributed by atoms with Crippen molar-refractivity contribution >= 4 is 17.0 Å². The van der Waals surface area contributed by atoms with Crippen molar-refractivity contribution in [1.29, 1.82) is 0 Å². The number of hydrogen-bond acceptors (Lipinski definition) is 2. The van der Waals surface area contributed by atoms with E-state index in [4.69, 9.17) is 16.3 Å². The summed E-state index contributed by atoms with van der Waals surface area (Å²) in [5, 5.41) is 0. The molecule has 0 spiro atoms. The maximum atomic E-state index is 11.0. The molecule has 0 saturated carbocycles. The van der Waals surface area contributed by atoms with Crippen molar-refractivity contribution in [3.63, 3.8) is 0 Å². The summed E-state index contributed by atoms with van der Waals surface area (Å²) in [6, 6.07) is 12.2. The predicted octanol–water partition coefficient (Wildman–Crippen LogP) is 4.92. The zero-order valence-corrected chi connectivity index (χ0v) is 14.2. The first-order valence-corrected chi connectivity index (χ1v) is 7.98. The highest BCUT2D eigenvalue weighted by molar-refractivity contribution is 6.61. The van der Waals surface area contributed by atoms with Gasteiger partial charge in [-0.2, -0.15) is 0 Å². The molecule has 0 aromatic heterocycles. The second-order valence-electron chi connectivity index (χ2n) is 5.46. The van der Waals surface area contributed by atoms with Gasteiger partial charge in [-0.1, -0.05) is 24.0 Å². The van der Waals surface area contributed by atoms with Crippen molar-refractivity contribution in [2.45, 2.75) is 19.8 Å². The van der Waals surface area contributed by atoms with E-state index in [0.29, 0.717) is 0 Å². The summed E-state index contributed by atoms with van der Waals surface area (Å²) in [4.78, 5) is 11.0. The lowest BCUT2D eigenvalue weighted by atomic mass is 9.97. The van der Waals surface area contributed by atoms with Gasteiger partial charge in [0, 0.05) is 28.6 Å². The second-order valence-corrected chi connectivity index (χ2v) is 5.76. The average molecular weight is 335 g/mol. The summed E-state index contributed by atoms with van der Waals surface area (Å²) < 4.78 is 5.07. The first kappa shape index (κ1) is 16.2. The molecular formula is C21H15ClO2. The topological polar surface area (TPSA) is 26.3 Å². The zero-order valence-electron chi connectivity index (χ0n) is 13.4. The molecule has 1 aliphatic rings. The van der Waals surface area contributed by atoms with Crippen LogP contribution in [0.5, 0.6) is 0 Å². The van der Waals surface area contributed by atoms with Gasteiger partial charge < -0.3 is 4.74 Å². The maximum absolute atomic E-state index is 11.0. The summed E-state index contributed by atoms with van der Waals surface area (Å²) in [6.45, 7) is 3.86. The highest BCUT2D eigenvalue weighted by atomic mass is 35.5. The summed E-state index contributed by atoms with van der Waals surface area (Å²) in [5.74, 6) is 12.0. The van der Waals surface area contributed by atoms with Crippen LogP contribution in [0, 0.1) is 23.7 Å². The lowest BCUT2D eigenvalue weighted by Gasteiger charge is -2.12. The number of ether oxygens (including phenoxy) is 1. The van der Waals surface area contributed by atoms with Gasteiger partial charge in [-0.3, -0.25) is 0 Å². The van der Waals surface area contributed by atoms with Gasteiger partial charge in [0.2, 0.25) is 0 Å². The van der Waals surface area contributed by atoms with Crippen LogP contribution in [-0.4, -0.2) is 12.0 Å². The van der Waals surface area contributed by atoms with E-state index in [1.54, 1.807) is 0 Å². The average Bonchev–Trinajstić information content (AvgIpc) is 2.86. The van der Waals surface area contributed by atoms with Crippen molar-refractivity contribution in [1.82, 2.24) is 0 Å². The first-order chi connectivity index (χ1) is 11.6. The molecule has 1 aliphatic carbocycles. The highest BCUT2D eigenvalue weighted by Crippen LogP contribution is 2.45. The standard InChI is InChI=1S/C21H15ClO2/c1-3-5-14-7-9-16-18(11-14)19-12-15(6-4-2)8-10-17(19)20(16)13-24-21(22)23/h7-12,20H,13H2,1-2H3. The Hall–Kier alpha value is -2.68. The minimum absolute atomic E-state index is 0.0232. The molecule has 0 aliphatic heterocycles. The first-order valence-electron chi connectivity index (χ1n) is 7.60. The normalized spacial score (nSPS) is 11.5. The van der Waals surface area contributed by atoms with E-state index >= 15 is 0 Å². The van der Waals surface area contributed by atoms with Crippen LogP contribution in [0.4, 0.5) is 4.79 Å². The molecule has 0 amide bonds. The maximum Gasteiger partial charge on any atom is 0.403 e. The number of benzene rings is 2. The zero-order chi connectivity index (χ0) is 17.1. The van der Waals surface area contributed by atoms with Crippen molar-refractivity contribution in [2.75, 3.05) is 6.61 Å². The minimum Gasteiger partial charge on any atom is -0.453 e. The van der Waals surface area contributed by atoms with Crippen LogP contribution in [0.15, 0.2) is 36.4 Å². The van der Waals surface area contributed by atoms with E-state index in [0.717, 1.165) is 33.4 Å². The van der Waals surface area contributed by atoms with E-state index in [1.807, 2.05) is 38.1 Å². The van der Waals surface area contributed by atoms with Crippen molar-refractivity contribution < 1.29 is 9.53 Å². The molecule has 24 heavy (non-hydrogen) atoms. The van der Waals surface area contributed by atoms with Gasteiger partial charge in [0.1, 0.15) is 6.61 Å². The van der Waals surface area contributed by atoms with Gasteiger partial charge in [-0.15, -0.1) is 11.8 Å². The van der Waals surface area contributed by atoms with E-state index in [2.05, 4.69) is 35.8 Å². The van der Waals surface area contributed by atoms with Gasteiger partial charge in [-0.05, 0) is 60.4 Å². The monoisotopic (exact) mass is 334 g/mol. The molecular weight excluding hydrogens is 320 g/mol. The second kappa shape index (κ2) is 6.83. The lowest BCUT2D eigenvalue weighted by molar-refractivity contribution is 0.170. The van der Waals surface area contributed by atoms with Crippen LogP contribution in [-0.2, 0) is 4.74 Å². The number of rotatable bonds is 2. The Bertz CT molecular complexity index is 866. The molecule has 0 fully saturated rings. The molecule has 0 bridgehead atoms. The van der Waals surface area contributed by atoms with Gasteiger partial charge in [-0.25, -0.2) is 4.79 Å². The lowest BCUT2D eigenvalue weighted by Crippen LogP contribution is -2.08. The van der Waals surface area contributed by atoms with Crippen LogP contribution in [0.2, 0.25) is 0 Å². The Balaban J connectivity index is 2.14. The third-order valence-corrected chi connectivity index (χ3v) is 4.16. The Kier molecular flexibility index (Phi) is 4.61. The Morgan fingerprint density at radius 2 is 1.50 bits per heavy atom. The highest BCUT2D eigenvalue weighted by Gasteiger charge is 2.29. The minimum atomic E-state index is -0.785. The van der Waals surface area contributed by atoms with Crippen molar-refractivity contribution in [3.05, 3.63) is 58.7 Å². The fourth-order valence-corrected chi connectivity index (χ4v) is 3.19. The van der Waals surface area contributed by atoms with Crippen molar-refractivity contribution in [3.8, 4) is 34.8 Å². The molecule has 118 valence electrons. The third kappa shape index (κ3) is 3.02. The van der Waals surface area contributed by atoms with Gasteiger partial charge in [0.15, 0.2) is 0 Å². The van der Waals surface area contributed by atoms with Crippen molar-refractivity contribution in [2.24, 2.45) is 0 Å². The molecule has 2 aromatic rings. The van der Waals surface area contributed by atoms with Gasteiger partial charge in [0.05, 0.1) is 0 Å². The Morgan fingerprint density at radius 3 is 1.92 bits per heavy atom. The Labute approximate surface area is 146 Å².